The number of aromatic nitrogens is 1. The second-order valence-electron chi connectivity index (χ2n) is 5.25. The average molecular weight is 355 g/mol. The Balaban J connectivity index is 2.22. The maximum atomic E-state index is 13.0. The van der Waals surface area contributed by atoms with E-state index in [0.29, 0.717) is 12.2 Å². The zero-order valence-corrected chi connectivity index (χ0v) is 14.2. The molecule has 1 aromatic carbocycles. The SMILES string of the molecule is COC(C)c1nc(CN(C)c2ccc(C#N)c(C(F)(F)F)c2)cs1. The summed E-state index contributed by atoms with van der Waals surface area (Å²) in [5.41, 5.74) is -0.194. The fraction of sp³-hybridized carbons (Fsp3) is 0.375. The van der Waals surface area contributed by atoms with Crippen LogP contribution in [0.2, 0.25) is 0 Å². The number of hydrogen-bond donors (Lipinski definition) is 0. The number of alkyl halides is 3. The van der Waals surface area contributed by atoms with E-state index in [1.54, 1.807) is 25.1 Å². The third kappa shape index (κ3) is 4.04. The molecule has 1 unspecified atom stereocenters. The molecule has 128 valence electrons. The van der Waals surface area contributed by atoms with E-state index in [1.165, 1.54) is 23.5 Å². The van der Waals surface area contributed by atoms with Crippen LogP contribution in [0.25, 0.3) is 0 Å². The van der Waals surface area contributed by atoms with Gasteiger partial charge in [-0.05, 0) is 25.1 Å². The number of hydrogen-bond acceptors (Lipinski definition) is 5. The molecule has 2 rings (SSSR count). The van der Waals surface area contributed by atoms with Gasteiger partial charge < -0.3 is 9.64 Å². The third-order valence-corrected chi connectivity index (χ3v) is 4.59. The van der Waals surface area contributed by atoms with Gasteiger partial charge in [-0.2, -0.15) is 18.4 Å². The van der Waals surface area contributed by atoms with Crippen LogP contribution in [-0.4, -0.2) is 19.1 Å². The topological polar surface area (TPSA) is 49.1 Å². The average Bonchev–Trinajstić information content (AvgIpc) is 3.01. The van der Waals surface area contributed by atoms with E-state index in [1.807, 2.05) is 12.3 Å². The Bertz CT molecular complexity index is 752. The van der Waals surface area contributed by atoms with Crippen LogP contribution in [0.4, 0.5) is 18.9 Å². The molecule has 0 amide bonds. The largest absolute Gasteiger partial charge is 0.417 e. The molecule has 0 saturated carbocycles. The van der Waals surface area contributed by atoms with E-state index in [0.717, 1.165) is 16.8 Å². The molecule has 1 atom stereocenters. The van der Waals surface area contributed by atoms with Gasteiger partial charge in [-0.3, -0.25) is 0 Å². The Kier molecular flexibility index (Phi) is 5.47. The molecule has 0 bridgehead atoms. The van der Waals surface area contributed by atoms with E-state index < -0.39 is 11.7 Å². The van der Waals surface area contributed by atoms with Crippen LogP contribution in [0.3, 0.4) is 0 Å². The number of thiazole rings is 1. The normalized spacial score (nSPS) is 12.7. The molecule has 0 spiro atoms. The van der Waals surface area contributed by atoms with E-state index in [-0.39, 0.29) is 11.7 Å². The predicted molar refractivity (Wildman–Crippen MR) is 85.8 cm³/mol. The van der Waals surface area contributed by atoms with Crippen LogP contribution in [0, 0.1) is 11.3 Å². The first kappa shape index (κ1) is 18.2. The second-order valence-corrected chi connectivity index (χ2v) is 6.14. The first-order valence-electron chi connectivity index (χ1n) is 7.05. The Hall–Kier alpha value is -2.11. The highest BCUT2D eigenvalue weighted by Gasteiger charge is 2.34. The highest BCUT2D eigenvalue weighted by molar-refractivity contribution is 7.09. The second kappa shape index (κ2) is 7.20. The van der Waals surface area contributed by atoms with Crippen molar-refractivity contribution in [1.82, 2.24) is 4.98 Å². The third-order valence-electron chi connectivity index (χ3n) is 3.54. The molecule has 0 radical (unpaired) electrons. The van der Waals surface area contributed by atoms with Crippen molar-refractivity contribution in [3.63, 3.8) is 0 Å². The molecule has 1 heterocycles. The van der Waals surface area contributed by atoms with Gasteiger partial charge in [0.2, 0.25) is 0 Å². The molecule has 8 heteroatoms. The van der Waals surface area contributed by atoms with Crippen molar-refractivity contribution in [2.75, 3.05) is 19.1 Å². The van der Waals surface area contributed by atoms with Gasteiger partial charge in [0.05, 0.1) is 29.4 Å². The van der Waals surface area contributed by atoms with Gasteiger partial charge in [0.25, 0.3) is 0 Å². The van der Waals surface area contributed by atoms with Gasteiger partial charge in [-0.1, -0.05) is 0 Å². The van der Waals surface area contributed by atoms with E-state index in [4.69, 9.17) is 10.00 Å². The van der Waals surface area contributed by atoms with Crippen LogP contribution in [0.1, 0.15) is 34.9 Å². The van der Waals surface area contributed by atoms with Gasteiger partial charge in [0.15, 0.2) is 0 Å². The number of ether oxygens (including phenoxy) is 1. The van der Waals surface area contributed by atoms with Crippen molar-refractivity contribution in [3.05, 3.63) is 45.4 Å². The molecular weight excluding hydrogens is 339 g/mol. The van der Waals surface area contributed by atoms with Crippen molar-refractivity contribution in [1.29, 1.82) is 5.26 Å². The number of rotatable bonds is 5. The lowest BCUT2D eigenvalue weighted by Crippen LogP contribution is -2.18. The summed E-state index contributed by atoms with van der Waals surface area (Å²) in [4.78, 5) is 6.09. The first-order chi connectivity index (χ1) is 11.3. The molecule has 0 N–H and O–H groups in total. The van der Waals surface area contributed by atoms with Gasteiger partial charge in [-0.25, -0.2) is 4.98 Å². The number of nitrogens with zero attached hydrogens (tertiary/aromatic N) is 3. The van der Waals surface area contributed by atoms with Gasteiger partial charge in [0.1, 0.15) is 11.1 Å². The summed E-state index contributed by atoms with van der Waals surface area (Å²) >= 11 is 1.45. The Labute approximate surface area is 142 Å². The van der Waals surface area contributed by atoms with Crippen molar-refractivity contribution in [2.45, 2.75) is 25.7 Å². The van der Waals surface area contributed by atoms with Gasteiger partial charge >= 0.3 is 6.18 Å². The quantitative estimate of drug-likeness (QED) is 0.799. The summed E-state index contributed by atoms with van der Waals surface area (Å²) in [7, 11) is 3.27. The summed E-state index contributed by atoms with van der Waals surface area (Å²) in [5, 5.41) is 11.5. The van der Waals surface area contributed by atoms with Crippen molar-refractivity contribution in [2.24, 2.45) is 0 Å². The lowest BCUT2D eigenvalue weighted by Gasteiger charge is -2.20. The summed E-state index contributed by atoms with van der Waals surface area (Å²) in [6.45, 7) is 2.23. The molecule has 0 aliphatic rings. The zero-order chi connectivity index (χ0) is 17.9. The lowest BCUT2D eigenvalue weighted by atomic mass is 10.1. The van der Waals surface area contributed by atoms with Crippen molar-refractivity contribution >= 4 is 17.0 Å². The van der Waals surface area contributed by atoms with Crippen molar-refractivity contribution < 1.29 is 17.9 Å². The molecule has 0 aliphatic heterocycles. The van der Waals surface area contributed by atoms with Crippen LogP contribution in [-0.2, 0) is 17.5 Å². The number of benzene rings is 1. The summed E-state index contributed by atoms with van der Waals surface area (Å²) in [6.07, 6.45) is -4.69. The molecule has 1 aromatic heterocycles. The van der Waals surface area contributed by atoms with Gasteiger partial charge in [-0.15, -0.1) is 11.3 Å². The minimum absolute atomic E-state index is 0.124. The highest BCUT2D eigenvalue weighted by Crippen LogP contribution is 2.34. The first-order valence-corrected chi connectivity index (χ1v) is 7.93. The summed E-state index contributed by atoms with van der Waals surface area (Å²) < 4.78 is 44.3. The standard InChI is InChI=1S/C16H16F3N3OS/c1-10(23-3)15-21-12(9-24-15)8-22(2)13-5-4-11(7-20)14(6-13)16(17,18)19/h4-6,9-10H,8H2,1-3H3. The Morgan fingerprint density at radius 3 is 2.71 bits per heavy atom. The Morgan fingerprint density at radius 1 is 1.42 bits per heavy atom. The zero-order valence-electron chi connectivity index (χ0n) is 13.4. The summed E-state index contributed by atoms with van der Waals surface area (Å²) in [6, 6.07) is 5.25. The van der Waals surface area contributed by atoms with Crippen LogP contribution < -0.4 is 4.90 Å². The fourth-order valence-electron chi connectivity index (χ4n) is 2.12. The van der Waals surface area contributed by atoms with Crippen LogP contribution in [0.5, 0.6) is 0 Å². The lowest BCUT2D eigenvalue weighted by molar-refractivity contribution is -0.137. The molecule has 24 heavy (non-hydrogen) atoms. The molecule has 0 aliphatic carbocycles. The highest BCUT2D eigenvalue weighted by atomic mass is 32.1. The molecule has 0 fully saturated rings. The number of methoxy groups -OCH3 is 1. The monoisotopic (exact) mass is 355 g/mol. The fourth-order valence-corrected chi connectivity index (χ4v) is 2.96. The van der Waals surface area contributed by atoms with Crippen molar-refractivity contribution in [3.8, 4) is 6.07 Å². The minimum atomic E-state index is -4.57. The maximum Gasteiger partial charge on any atom is 0.417 e. The number of nitriles is 1. The molecule has 2 aromatic rings. The number of halogens is 3. The van der Waals surface area contributed by atoms with Gasteiger partial charge in [0, 0.05) is 25.2 Å². The molecule has 0 saturated heterocycles. The van der Waals surface area contributed by atoms with Crippen LogP contribution >= 0.6 is 11.3 Å². The molecular formula is C16H16F3N3OS. The van der Waals surface area contributed by atoms with E-state index >= 15 is 0 Å². The summed E-state index contributed by atoms with van der Waals surface area (Å²) in [5.74, 6) is 0. The smallest absolute Gasteiger partial charge is 0.375 e. The Morgan fingerprint density at radius 2 is 2.12 bits per heavy atom. The minimum Gasteiger partial charge on any atom is -0.375 e. The predicted octanol–water partition coefficient (Wildman–Crippen LogP) is 4.38. The van der Waals surface area contributed by atoms with Crippen LogP contribution in [0.15, 0.2) is 23.6 Å². The van der Waals surface area contributed by atoms with E-state index in [2.05, 4.69) is 4.98 Å². The molecule has 4 nitrogen and oxygen atoms in total. The maximum absolute atomic E-state index is 13.0. The van der Waals surface area contributed by atoms with E-state index in [9.17, 15) is 13.2 Å². The number of anilines is 1.